The molecule has 0 aliphatic carbocycles. The first-order valence-electron chi connectivity index (χ1n) is 8.05. The molecular formula is C16H39NO. The van der Waals surface area contributed by atoms with Crippen molar-refractivity contribution in [2.24, 2.45) is 0 Å². The van der Waals surface area contributed by atoms with Crippen LogP contribution in [-0.2, 0) is 4.74 Å². The van der Waals surface area contributed by atoms with Crippen LogP contribution in [0.3, 0.4) is 0 Å². The zero-order valence-electron chi connectivity index (χ0n) is 14.6. The lowest BCUT2D eigenvalue weighted by atomic mass is 9.94. The van der Waals surface area contributed by atoms with E-state index in [1.807, 2.05) is 41.5 Å². The van der Waals surface area contributed by atoms with E-state index in [2.05, 4.69) is 25.7 Å². The van der Waals surface area contributed by atoms with Gasteiger partial charge in [0.25, 0.3) is 0 Å². The maximum absolute atomic E-state index is 5.53. The lowest BCUT2D eigenvalue weighted by Crippen LogP contribution is -2.54. The van der Waals surface area contributed by atoms with Crippen LogP contribution in [0.25, 0.3) is 0 Å². The van der Waals surface area contributed by atoms with E-state index in [0.717, 1.165) is 26.3 Å². The maximum Gasteiger partial charge on any atom is 0.0648 e. The van der Waals surface area contributed by atoms with Gasteiger partial charge in [-0.25, -0.2) is 0 Å². The molecule has 1 aliphatic heterocycles. The van der Waals surface area contributed by atoms with E-state index in [0.29, 0.717) is 5.54 Å². The molecule has 0 N–H and O–H groups in total. The first kappa shape index (κ1) is 23.0. The van der Waals surface area contributed by atoms with E-state index in [4.69, 9.17) is 4.74 Å². The van der Waals surface area contributed by atoms with E-state index in [1.165, 1.54) is 12.8 Å². The maximum atomic E-state index is 5.53. The highest BCUT2D eigenvalue weighted by atomic mass is 16.5. The van der Waals surface area contributed by atoms with E-state index >= 15 is 0 Å². The average Bonchev–Trinajstić information content (AvgIpc) is 2.46. The van der Waals surface area contributed by atoms with Crippen molar-refractivity contribution in [3.05, 3.63) is 0 Å². The lowest BCUT2D eigenvalue weighted by molar-refractivity contribution is -0.0615. The van der Waals surface area contributed by atoms with E-state index in [9.17, 15) is 0 Å². The topological polar surface area (TPSA) is 12.5 Å². The minimum Gasteiger partial charge on any atom is -0.378 e. The first-order valence-corrected chi connectivity index (χ1v) is 8.05. The van der Waals surface area contributed by atoms with Gasteiger partial charge in [0, 0.05) is 12.1 Å². The molecule has 1 heterocycles. The average molecular weight is 261 g/mol. The molecule has 18 heavy (non-hydrogen) atoms. The number of likely N-dealkylation sites (N-methyl/N-ethyl adjacent to an activating group) is 1. The summed E-state index contributed by atoms with van der Waals surface area (Å²) in [6.07, 6.45) is 2.50. The number of hydrogen-bond acceptors (Lipinski definition) is 2. The third-order valence-electron chi connectivity index (χ3n) is 2.85. The Labute approximate surface area is 117 Å². The van der Waals surface area contributed by atoms with Gasteiger partial charge in [-0.2, -0.15) is 0 Å². The van der Waals surface area contributed by atoms with Gasteiger partial charge in [-0.3, -0.25) is 4.90 Å². The molecule has 1 saturated heterocycles. The number of hydrogen-bond donors (Lipinski definition) is 0. The Balaban J connectivity index is -0.000000328. The second-order valence-corrected chi connectivity index (χ2v) is 3.88. The van der Waals surface area contributed by atoms with Crippen LogP contribution in [-0.4, -0.2) is 36.7 Å². The van der Waals surface area contributed by atoms with E-state index in [1.54, 1.807) is 0 Å². The molecule has 1 aliphatic rings. The van der Waals surface area contributed by atoms with Crippen LogP contribution in [0.5, 0.6) is 0 Å². The number of morpholine rings is 1. The summed E-state index contributed by atoms with van der Waals surface area (Å²) in [6.45, 7) is 22.9. The molecule has 1 unspecified atom stereocenters. The molecule has 0 aromatic carbocycles. The largest absolute Gasteiger partial charge is 0.378 e. The first-order chi connectivity index (χ1) is 8.73. The van der Waals surface area contributed by atoms with Crippen molar-refractivity contribution in [3.8, 4) is 0 Å². The van der Waals surface area contributed by atoms with Gasteiger partial charge in [-0.15, -0.1) is 0 Å². The summed E-state index contributed by atoms with van der Waals surface area (Å²) in [5.41, 5.74) is 0.307. The Morgan fingerprint density at radius 1 is 1.00 bits per heavy atom. The quantitative estimate of drug-likeness (QED) is 0.710. The Morgan fingerprint density at radius 2 is 1.50 bits per heavy atom. The van der Waals surface area contributed by atoms with Crippen molar-refractivity contribution in [1.82, 2.24) is 4.90 Å². The van der Waals surface area contributed by atoms with E-state index in [-0.39, 0.29) is 0 Å². The third-order valence-corrected chi connectivity index (χ3v) is 2.85. The molecule has 0 radical (unpaired) electrons. The molecule has 0 amide bonds. The zero-order valence-corrected chi connectivity index (χ0v) is 14.6. The van der Waals surface area contributed by atoms with Crippen LogP contribution in [0, 0.1) is 0 Å². The van der Waals surface area contributed by atoms with Gasteiger partial charge in [-0.05, 0) is 19.9 Å². The Kier molecular flexibility index (Phi) is 21.7. The highest BCUT2D eigenvalue weighted by Gasteiger charge is 2.32. The Bertz CT molecular complexity index is 135. The SMILES string of the molecule is CC.CC.CC.CCCC1(C)COCCN1CC. The van der Waals surface area contributed by atoms with Gasteiger partial charge in [0.2, 0.25) is 0 Å². The normalized spacial score (nSPS) is 22.5. The van der Waals surface area contributed by atoms with Crippen LogP contribution >= 0.6 is 0 Å². The molecule has 0 aromatic heterocycles. The Morgan fingerprint density at radius 3 is 1.89 bits per heavy atom. The fraction of sp³-hybridized carbons (Fsp3) is 1.00. The van der Waals surface area contributed by atoms with Gasteiger partial charge in [0.15, 0.2) is 0 Å². The minimum absolute atomic E-state index is 0.307. The molecule has 0 aromatic rings. The van der Waals surface area contributed by atoms with Gasteiger partial charge < -0.3 is 4.74 Å². The highest BCUT2D eigenvalue weighted by molar-refractivity contribution is 4.87. The standard InChI is InChI=1S/C10H21NO.3C2H6/c1-4-6-10(3)9-12-8-7-11(10)5-2;3*1-2/h4-9H2,1-3H3;3*1-2H3. The lowest BCUT2D eigenvalue weighted by Gasteiger charge is -2.44. The third kappa shape index (κ3) is 8.93. The summed E-state index contributed by atoms with van der Waals surface area (Å²) in [5.74, 6) is 0. The predicted molar refractivity (Wildman–Crippen MR) is 85.4 cm³/mol. The molecule has 2 heteroatoms. The molecule has 0 spiro atoms. The molecular weight excluding hydrogens is 222 g/mol. The smallest absolute Gasteiger partial charge is 0.0648 e. The van der Waals surface area contributed by atoms with Crippen LogP contribution in [0.15, 0.2) is 0 Å². The summed E-state index contributed by atoms with van der Waals surface area (Å²) in [4.78, 5) is 2.54. The summed E-state index contributed by atoms with van der Waals surface area (Å²) >= 11 is 0. The van der Waals surface area contributed by atoms with Crippen molar-refractivity contribution in [2.75, 3.05) is 26.3 Å². The minimum atomic E-state index is 0.307. The molecule has 1 rings (SSSR count). The monoisotopic (exact) mass is 261 g/mol. The zero-order chi connectivity index (χ0) is 15.0. The molecule has 1 atom stereocenters. The molecule has 1 fully saturated rings. The van der Waals surface area contributed by atoms with Crippen molar-refractivity contribution >= 4 is 0 Å². The van der Waals surface area contributed by atoms with Gasteiger partial charge in [0.05, 0.1) is 13.2 Å². The van der Waals surface area contributed by atoms with Gasteiger partial charge in [0.1, 0.15) is 0 Å². The van der Waals surface area contributed by atoms with Crippen LogP contribution in [0.4, 0.5) is 0 Å². The summed E-state index contributed by atoms with van der Waals surface area (Å²) in [7, 11) is 0. The molecule has 2 nitrogen and oxygen atoms in total. The van der Waals surface area contributed by atoms with Crippen molar-refractivity contribution < 1.29 is 4.74 Å². The molecule has 0 saturated carbocycles. The van der Waals surface area contributed by atoms with Crippen molar-refractivity contribution in [3.63, 3.8) is 0 Å². The van der Waals surface area contributed by atoms with Crippen molar-refractivity contribution in [1.29, 1.82) is 0 Å². The highest BCUT2D eigenvalue weighted by Crippen LogP contribution is 2.24. The predicted octanol–water partition coefficient (Wildman–Crippen LogP) is 4.98. The fourth-order valence-electron chi connectivity index (χ4n) is 2.14. The number of ether oxygens (including phenoxy) is 1. The molecule has 114 valence electrons. The van der Waals surface area contributed by atoms with Crippen LogP contribution in [0.1, 0.15) is 75.2 Å². The second-order valence-electron chi connectivity index (χ2n) is 3.88. The van der Waals surface area contributed by atoms with Crippen LogP contribution in [0.2, 0.25) is 0 Å². The summed E-state index contributed by atoms with van der Waals surface area (Å²) in [6, 6.07) is 0. The van der Waals surface area contributed by atoms with Crippen LogP contribution < -0.4 is 0 Å². The second kappa shape index (κ2) is 16.9. The molecule has 0 bridgehead atoms. The number of rotatable bonds is 3. The number of nitrogens with zero attached hydrogens (tertiary/aromatic N) is 1. The van der Waals surface area contributed by atoms with Gasteiger partial charge >= 0.3 is 0 Å². The summed E-state index contributed by atoms with van der Waals surface area (Å²) < 4.78 is 5.53. The fourth-order valence-corrected chi connectivity index (χ4v) is 2.14. The Hall–Kier alpha value is -0.0800. The van der Waals surface area contributed by atoms with Crippen molar-refractivity contribution in [2.45, 2.75) is 80.7 Å². The van der Waals surface area contributed by atoms with E-state index < -0.39 is 0 Å². The van der Waals surface area contributed by atoms with Gasteiger partial charge in [-0.1, -0.05) is 61.8 Å². The summed E-state index contributed by atoms with van der Waals surface area (Å²) in [5, 5.41) is 0.